The quantitative estimate of drug-likeness (QED) is 0.680. The molecular weight excluding hydrogens is 339 g/mol. The molecule has 0 aliphatic heterocycles. The Morgan fingerprint density at radius 1 is 1.20 bits per heavy atom. The number of hydrogen-bond donors (Lipinski definition) is 2. The van der Waals surface area contributed by atoms with E-state index in [1.165, 1.54) is 23.3 Å². The van der Waals surface area contributed by atoms with Crippen molar-refractivity contribution < 1.29 is 9.18 Å². The fraction of sp³-hybridized carbons (Fsp3) is 0.278. The largest absolute Gasteiger partial charge is 0.369 e. The maximum absolute atomic E-state index is 12.8. The average molecular weight is 358 g/mol. The third kappa shape index (κ3) is 4.73. The van der Waals surface area contributed by atoms with Gasteiger partial charge >= 0.3 is 0 Å². The van der Waals surface area contributed by atoms with Gasteiger partial charge in [-0.1, -0.05) is 12.1 Å². The van der Waals surface area contributed by atoms with E-state index < -0.39 is 0 Å². The molecule has 0 unspecified atom stereocenters. The highest BCUT2D eigenvalue weighted by atomic mass is 32.1. The molecule has 2 aromatic heterocycles. The number of thiophene rings is 1. The van der Waals surface area contributed by atoms with Crippen molar-refractivity contribution in [2.75, 3.05) is 18.4 Å². The van der Waals surface area contributed by atoms with Gasteiger partial charge in [0.2, 0.25) is 5.91 Å². The van der Waals surface area contributed by atoms with Crippen molar-refractivity contribution in [3.8, 4) is 0 Å². The van der Waals surface area contributed by atoms with Crippen LogP contribution in [-0.4, -0.2) is 29.0 Å². The molecule has 130 valence electrons. The SMILES string of the molecule is Cc1cc2c(NCCC(=O)NCCc3ccc(F)cc3)ncnc2s1. The van der Waals surface area contributed by atoms with E-state index >= 15 is 0 Å². The lowest BCUT2D eigenvalue weighted by atomic mass is 10.1. The highest BCUT2D eigenvalue weighted by molar-refractivity contribution is 7.18. The number of fused-ring (bicyclic) bond motifs is 1. The summed E-state index contributed by atoms with van der Waals surface area (Å²) in [5.41, 5.74) is 0.996. The summed E-state index contributed by atoms with van der Waals surface area (Å²) in [6.07, 6.45) is 2.57. The summed E-state index contributed by atoms with van der Waals surface area (Å²) in [5, 5.41) is 7.06. The summed E-state index contributed by atoms with van der Waals surface area (Å²) in [7, 11) is 0. The third-order valence-electron chi connectivity index (χ3n) is 3.75. The van der Waals surface area contributed by atoms with Crippen molar-refractivity contribution in [3.05, 3.63) is 52.9 Å². The molecule has 25 heavy (non-hydrogen) atoms. The van der Waals surface area contributed by atoms with Crippen molar-refractivity contribution in [3.63, 3.8) is 0 Å². The minimum Gasteiger partial charge on any atom is -0.369 e. The number of carbonyl (C=O) groups excluding carboxylic acids is 1. The van der Waals surface area contributed by atoms with Crippen molar-refractivity contribution in [1.29, 1.82) is 0 Å². The van der Waals surface area contributed by atoms with E-state index in [9.17, 15) is 9.18 Å². The molecule has 2 N–H and O–H groups in total. The molecule has 0 saturated carbocycles. The Bertz CT molecular complexity index is 863. The summed E-state index contributed by atoms with van der Waals surface area (Å²) >= 11 is 1.62. The highest BCUT2D eigenvalue weighted by Gasteiger charge is 2.07. The number of nitrogens with zero attached hydrogens (tertiary/aromatic N) is 2. The molecule has 0 spiro atoms. The second-order valence-corrected chi connectivity index (χ2v) is 6.94. The molecule has 5 nitrogen and oxygen atoms in total. The number of anilines is 1. The first-order valence-corrected chi connectivity index (χ1v) is 8.89. The van der Waals surface area contributed by atoms with Gasteiger partial charge in [0.15, 0.2) is 0 Å². The van der Waals surface area contributed by atoms with Crippen LogP contribution >= 0.6 is 11.3 Å². The van der Waals surface area contributed by atoms with Gasteiger partial charge in [0.25, 0.3) is 0 Å². The van der Waals surface area contributed by atoms with Crippen LogP contribution in [0.4, 0.5) is 10.2 Å². The second kappa shape index (κ2) is 8.02. The van der Waals surface area contributed by atoms with Crippen LogP contribution in [0.5, 0.6) is 0 Å². The molecule has 0 saturated heterocycles. The Labute approximate surface area is 149 Å². The molecule has 2 heterocycles. The molecule has 0 fully saturated rings. The Balaban J connectivity index is 1.42. The fourth-order valence-corrected chi connectivity index (χ4v) is 3.34. The van der Waals surface area contributed by atoms with Gasteiger partial charge in [-0.3, -0.25) is 4.79 Å². The van der Waals surface area contributed by atoms with E-state index in [4.69, 9.17) is 0 Å². The molecule has 0 atom stereocenters. The summed E-state index contributed by atoms with van der Waals surface area (Å²) in [5.74, 6) is 0.480. The number of rotatable bonds is 7. The maximum Gasteiger partial charge on any atom is 0.221 e. The molecule has 7 heteroatoms. The molecule has 0 radical (unpaired) electrons. The summed E-state index contributed by atoms with van der Waals surface area (Å²) < 4.78 is 12.8. The maximum atomic E-state index is 12.8. The fourth-order valence-electron chi connectivity index (χ4n) is 2.50. The summed E-state index contributed by atoms with van der Waals surface area (Å²) in [4.78, 5) is 22.5. The van der Waals surface area contributed by atoms with Gasteiger partial charge in [0.05, 0.1) is 5.39 Å². The van der Waals surface area contributed by atoms with Gasteiger partial charge in [0, 0.05) is 24.4 Å². The number of nitrogens with one attached hydrogen (secondary N) is 2. The minimum atomic E-state index is -0.251. The first-order chi connectivity index (χ1) is 12.1. The van der Waals surface area contributed by atoms with Crippen LogP contribution in [-0.2, 0) is 11.2 Å². The zero-order valence-corrected chi connectivity index (χ0v) is 14.7. The molecule has 1 aromatic carbocycles. The zero-order valence-electron chi connectivity index (χ0n) is 13.9. The highest BCUT2D eigenvalue weighted by Crippen LogP contribution is 2.27. The van der Waals surface area contributed by atoms with Crippen molar-refractivity contribution in [2.24, 2.45) is 0 Å². The molecule has 3 rings (SSSR count). The topological polar surface area (TPSA) is 66.9 Å². The Morgan fingerprint density at radius 3 is 2.80 bits per heavy atom. The lowest BCUT2D eigenvalue weighted by molar-refractivity contribution is -0.120. The predicted molar refractivity (Wildman–Crippen MR) is 98.4 cm³/mol. The number of carbonyl (C=O) groups is 1. The summed E-state index contributed by atoms with van der Waals surface area (Å²) in [6.45, 7) is 3.07. The average Bonchev–Trinajstić information content (AvgIpc) is 2.98. The normalized spacial score (nSPS) is 10.8. The van der Waals surface area contributed by atoms with Crippen molar-refractivity contribution >= 4 is 33.3 Å². The van der Waals surface area contributed by atoms with Crippen LogP contribution in [0.25, 0.3) is 10.2 Å². The van der Waals surface area contributed by atoms with E-state index in [0.29, 0.717) is 25.9 Å². The number of amides is 1. The standard InChI is InChI=1S/C18H19FN4OS/c1-12-10-15-17(22-11-23-18(15)25-12)21-9-7-16(24)20-8-6-13-2-4-14(19)5-3-13/h2-5,10-11H,6-9H2,1H3,(H,20,24)(H,21,22,23). The van der Waals surface area contributed by atoms with Gasteiger partial charge in [0.1, 0.15) is 22.8 Å². The molecule has 0 bridgehead atoms. The third-order valence-corrected chi connectivity index (χ3v) is 4.70. The zero-order chi connectivity index (χ0) is 17.6. The van der Waals surface area contributed by atoms with Crippen LogP contribution in [0.2, 0.25) is 0 Å². The smallest absolute Gasteiger partial charge is 0.221 e. The Morgan fingerprint density at radius 2 is 2.00 bits per heavy atom. The number of hydrogen-bond acceptors (Lipinski definition) is 5. The number of aryl methyl sites for hydroxylation is 1. The number of aromatic nitrogens is 2. The molecular formula is C18H19FN4OS. The van der Waals surface area contributed by atoms with E-state index in [-0.39, 0.29) is 11.7 Å². The van der Waals surface area contributed by atoms with Crippen LogP contribution in [0.3, 0.4) is 0 Å². The number of halogens is 1. The first kappa shape index (κ1) is 17.3. The van der Waals surface area contributed by atoms with E-state index in [1.807, 2.05) is 13.0 Å². The van der Waals surface area contributed by atoms with E-state index in [0.717, 1.165) is 21.6 Å². The first-order valence-electron chi connectivity index (χ1n) is 8.08. The van der Waals surface area contributed by atoms with Crippen LogP contribution < -0.4 is 10.6 Å². The monoisotopic (exact) mass is 358 g/mol. The van der Waals surface area contributed by atoms with Gasteiger partial charge in [-0.15, -0.1) is 11.3 Å². The Kier molecular flexibility index (Phi) is 5.55. The predicted octanol–water partition coefficient (Wildman–Crippen LogP) is 3.30. The van der Waals surface area contributed by atoms with Gasteiger partial charge in [-0.05, 0) is 37.1 Å². The summed E-state index contributed by atoms with van der Waals surface area (Å²) in [6, 6.07) is 8.36. The molecule has 1 amide bonds. The Hall–Kier alpha value is -2.54. The second-order valence-electron chi connectivity index (χ2n) is 5.70. The molecule has 3 aromatic rings. The van der Waals surface area contributed by atoms with E-state index in [2.05, 4.69) is 20.6 Å². The van der Waals surface area contributed by atoms with Gasteiger partial charge < -0.3 is 10.6 Å². The van der Waals surface area contributed by atoms with Gasteiger partial charge in [-0.2, -0.15) is 0 Å². The van der Waals surface area contributed by atoms with E-state index in [1.54, 1.807) is 23.5 Å². The molecule has 0 aliphatic carbocycles. The minimum absolute atomic E-state index is 0.0265. The van der Waals surface area contributed by atoms with Crippen molar-refractivity contribution in [1.82, 2.24) is 15.3 Å². The molecule has 0 aliphatic rings. The lowest BCUT2D eigenvalue weighted by Gasteiger charge is -2.08. The van der Waals surface area contributed by atoms with Crippen LogP contribution in [0.1, 0.15) is 16.9 Å². The van der Waals surface area contributed by atoms with Gasteiger partial charge in [-0.25, -0.2) is 14.4 Å². The number of benzene rings is 1. The van der Waals surface area contributed by atoms with Crippen molar-refractivity contribution in [2.45, 2.75) is 19.8 Å². The van der Waals surface area contributed by atoms with Crippen LogP contribution in [0, 0.1) is 12.7 Å². The lowest BCUT2D eigenvalue weighted by Crippen LogP contribution is -2.27. The van der Waals surface area contributed by atoms with Crippen LogP contribution in [0.15, 0.2) is 36.7 Å².